The third kappa shape index (κ3) is 7.77. The van der Waals surface area contributed by atoms with Gasteiger partial charge in [-0.05, 0) is 99.3 Å². The van der Waals surface area contributed by atoms with Gasteiger partial charge in [0.2, 0.25) is 11.8 Å². The van der Waals surface area contributed by atoms with Gasteiger partial charge in [-0.1, -0.05) is 48.3 Å². The zero-order valence-electron chi connectivity index (χ0n) is 23.3. The lowest BCUT2D eigenvalue weighted by Crippen LogP contribution is -2.52. The van der Waals surface area contributed by atoms with Crippen molar-refractivity contribution in [3.8, 4) is 0 Å². The summed E-state index contributed by atoms with van der Waals surface area (Å²) in [5.41, 5.74) is 2.95. The fourth-order valence-corrected chi connectivity index (χ4v) is 5.64. The summed E-state index contributed by atoms with van der Waals surface area (Å²) < 4.78 is 28.9. The lowest BCUT2D eigenvalue weighted by atomic mass is 10.1. The first-order chi connectivity index (χ1) is 18.8. The van der Waals surface area contributed by atoms with E-state index in [2.05, 4.69) is 5.32 Å². The minimum Gasteiger partial charge on any atom is -0.352 e. The van der Waals surface area contributed by atoms with Gasteiger partial charge in [0.25, 0.3) is 10.0 Å². The van der Waals surface area contributed by atoms with Crippen molar-refractivity contribution in [2.24, 2.45) is 0 Å². The van der Waals surface area contributed by atoms with E-state index in [1.54, 1.807) is 43.3 Å². The molecule has 0 aromatic heterocycles. The van der Waals surface area contributed by atoms with Crippen LogP contribution in [0.4, 0.5) is 5.69 Å². The molecular formula is C30H35Cl2N3O4S. The summed E-state index contributed by atoms with van der Waals surface area (Å²) in [7, 11) is -4.17. The number of aryl methyl sites for hydroxylation is 2. The highest BCUT2D eigenvalue weighted by Gasteiger charge is 2.33. The number of nitrogens with one attached hydrogen (secondary N) is 1. The number of rotatable bonds is 11. The van der Waals surface area contributed by atoms with Crippen molar-refractivity contribution in [3.63, 3.8) is 0 Å². The number of nitrogens with zero attached hydrogens (tertiary/aromatic N) is 2. The van der Waals surface area contributed by atoms with Crippen molar-refractivity contribution in [3.05, 3.63) is 93.5 Å². The van der Waals surface area contributed by atoms with E-state index in [1.807, 2.05) is 33.8 Å². The third-order valence-corrected chi connectivity index (χ3v) is 9.19. The van der Waals surface area contributed by atoms with Crippen molar-refractivity contribution in [2.75, 3.05) is 10.8 Å². The fraction of sp³-hybridized carbons (Fsp3) is 0.333. The van der Waals surface area contributed by atoms with Gasteiger partial charge in [0.05, 0.1) is 10.6 Å². The Kier molecular flexibility index (Phi) is 10.6. The Labute approximate surface area is 247 Å². The van der Waals surface area contributed by atoms with Crippen molar-refractivity contribution < 1.29 is 18.0 Å². The summed E-state index contributed by atoms with van der Waals surface area (Å²) in [6, 6.07) is 17.0. The van der Waals surface area contributed by atoms with E-state index in [0.717, 1.165) is 27.4 Å². The van der Waals surface area contributed by atoms with Crippen LogP contribution in [0.5, 0.6) is 0 Å². The van der Waals surface area contributed by atoms with E-state index >= 15 is 0 Å². The second kappa shape index (κ2) is 13.5. The Balaban J connectivity index is 2.04. The minimum atomic E-state index is -4.17. The van der Waals surface area contributed by atoms with E-state index in [0.29, 0.717) is 15.7 Å². The first kappa shape index (κ1) is 31.5. The predicted octanol–water partition coefficient (Wildman–Crippen LogP) is 6.14. The zero-order valence-corrected chi connectivity index (χ0v) is 25.6. The molecule has 3 aromatic rings. The molecule has 0 saturated carbocycles. The summed E-state index contributed by atoms with van der Waals surface area (Å²) in [6.45, 7) is 8.86. The van der Waals surface area contributed by atoms with E-state index in [9.17, 15) is 18.0 Å². The summed E-state index contributed by atoms with van der Waals surface area (Å²) in [6.07, 6.45) is 0.726. The van der Waals surface area contributed by atoms with E-state index in [4.69, 9.17) is 23.2 Å². The maximum atomic E-state index is 14.0. The van der Waals surface area contributed by atoms with Gasteiger partial charge >= 0.3 is 0 Å². The number of hydrogen-bond donors (Lipinski definition) is 1. The first-order valence-electron chi connectivity index (χ1n) is 13.0. The molecule has 3 rings (SSSR count). The van der Waals surface area contributed by atoms with Gasteiger partial charge < -0.3 is 10.2 Å². The van der Waals surface area contributed by atoms with Crippen molar-refractivity contribution in [1.82, 2.24) is 10.2 Å². The van der Waals surface area contributed by atoms with Crippen LogP contribution in [-0.4, -0.2) is 43.8 Å². The normalized spacial score (nSPS) is 12.9. The van der Waals surface area contributed by atoms with Crippen molar-refractivity contribution >= 4 is 50.7 Å². The average molecular weight is 605 g/mol. The highest BCUT2D eigenvalue weighted by molar-refractivity contribution is 7.92. The highest BCUT2D eigenvalue weighted by Crippen LogP contribution is 2.27. The number of hydrogen-bond acceptors (Lipinski definition) is 4. The summed E-state index contributed by atoms with van der Waals surface area (Å²) >= 11 is 12.1. The number of benzene rings is 3. The molecule has 10 heteroatoms. The molecule has 0 aliphatic carbocycles. The Hall–Kier alpha value is -3.07. The molecule has 40 heavy (non-hydrogen) atoms. The second-order valence-corrected chi connectivity index (χ2v) is 12.6. The maximum absolute atomic E-state index is 14.0. The number of halogens is 2. The molecule has 0 saturated heterocycles. The Morgan fingerprint density at radius 3 is 2.00 bits per heavy atom. The van der Waals surface area contributed by atoms with Crippen LogP contribution in [0, 0.1) is 13.8 Å². The lowest BCUT2D eigenvalue weighted by Gasteiger charge is -2.32. The molecule has 1 N–H and O–H groups in total. The summed E-state index contributed by atoms with van der Waals surface area (Å²) in [5, 5.41) is 3.85. The number of anilines is 1. The smallest absolute Gasteiger partial charge is 0.264 e. The molecule has 0 aliphatic rings. The molecule has 2 amide bonds. The topological polar surface area (TPSA) is 86.8 Å². The molecule has 214 valence electrons. The monoisotopic (exact) mass is 603 g/mol. The van der Waals surface area contributed by atoms with Gasteiger partial charge in [0.1, 0.15) is 12.6 Å². The van der Waals surface area contributed by atoms with Crippen LogP contribution in [-0.2, 0) is 26.2 Å². The van der Waals surface area contributed by atoms with Gasteiger partial charge in [-0.15, -0.1) is 0 Å². The SMILES string of the molecule is CC[C@@H](C)NC(=O)[C@@H](C)N(Cc1ccc(Cl)cc1)C(=O)CN(c1ccc(C)c(C)c1)S(=O)(=O)c1ccc(Cl)cc1. The van der Waals surface area contributed by atoms with Gasteiger partial charge in [-0.25, -0.2) is 8.42 Å². The highest BCUT2D eigenvalue weighted by atomic mass is 35.5. The Morgan fingerprint density at radius 1 is 0.875 bits per heavy atom. The molecule has 0 radical (unpaired) electrons. The Bertz CT molecular complexity index is 1440. The Morgan fingerprint density at radius 2 is 1.45 bits per heavy atom. The van der Waals surface area contributed by atoms with E-state index in [1.165, 1.54) is 29.2 Å². The van der Waals surface area contributed by atoms with Gasteiger partial charge in [0.15, 0.2) is 0 Å². The fourth-order valence-electron chi connectivity index (χ4n) is 3.98. The molecule has 0 bridgehead atoms. The van der Waals surface area contributed by atoms with Crippen LogP contribution >= 0.6 is 23.2 Å². The van der Waals surface area contributed by atoms with Gasteiger partial charge in [0, 0.05) is 22.6 Å². The molecule has 7 nitrogen and oxygen atoms in total. The second-order valence-electron chi connectivity index (χ2n) is 9.88. The van der Waals surface area contributed by atoms with Gasteiger partial charge in [-0.3, -0.25) is 13.9 Å². The zero-order chi connectivity index (χ0) is 29.6. The number of sulfonamides is 1. The molecule has 2 atom stereocenters. The van der Waals surface area contributed by atoms with E-state index < -0.39 is 28.5 Å². The quantitative estimate of drug-likeness (QED) is 0.285. The van der Waals surface area contributed by atoms with Crippen LogP contribution in [0.3, 0.4) is 0 Å². The van der Waals surface area contributed by atoms with Crippen LogP contribution in [0.2, 0.25) is 10.0 Å². The predicted molar refractivity (Wildman–Crippen MR) is 161 cm³/mol. The van der Waals surface area contributed by atoms with Crippen molar-refractivity contribution in [2.45, 2.75) is 64.6 Å². The molecule has 3 aromatic carbocycles. The standard InChI is InChI=1S/C30H35Cl2N3O4S/c1-6-22(4)33-30(37)23(5)34(18-24-8-10-25(31)11-9-24)29(36)19-35(27-14-7-20(2)21(3)17-27)40(38,39)28-15-12-26(32)13-16-28/h7-17,22-23H,6,18-19H2,1-5H3,(H,33,37)/t22-,23-/m1/s1. The van der Waals surface area contributed by atoms with Crippen LogP contribution in [0.15, 0.2) is 71.6 Å². The maximum Gasteiger partial charge on any atom is 0.264 e. The van der Waals surface area contributed by atoms with E-state index in [-0.39, 0.29) is 23.4 Å². The molecule has 0 unspecified atom stereocenters. The number of amides is 2. The van der Waals surface area contributed by atoms with Crippen LogP contribution in [0.25, 0.3) is 0 Å². The summed E-state index contributed by atoms with van der Waals surface area (Å²) in [4.78, 5) is 28.5. The van der Waals surface area contributed by atoms with Gasteiger partial charge in [-0.2, -0.15) is 0 Å². The first-order valence-corrected chi connectivity index (χ1v) is 15.2. The third-order valence-electron chi connectivity index (χ3n) is 6.89. The molecule has 0 aliphatic heterocycles. The minimum absolute atomic E-state index is 0.00487. The molecule has 0 spiro atoms. The van der Waals surface area contributed by atoms with Crippen LogP contribution in [0.1, 0.15) is 43.9 Å². The average Bonchev–Trinajstić information content (AvgIpc) is 2.92. The molecule has 0 heterocycles. The van der Waals surface area contributed by atoms with Crippen molar-refractivity contribution in [1.29, 1.82) is 0 Å². The molecule has 0 fully saturated rings. The molecular weight excluding hydrogens is 569 g/mol. The van der Waals surface area contributed by atoms with Crippen LogP contribution < -0.4 is 9.62 Å². The number of carbonyl (C=O) groups is 2. The summed E-state index contributed by atoms with van der Waals surface area (Å²) in [5.74, 6) is -0.854. The lowest BCUT2D eigenvalue weighted by molar-refractivity contribution is -0.139. The largest absolute Gasteiger partial charge is 0.352 e. The number of carbonyl (C=O) groups excluding carboxylic acids is 2.